The lowest BCUT2D eigenvalue weighted by atomic mass is 10.1. The molecule has 0 atom stereocenters. The van der Waals surface area contributed by atoms with E-state index in [2.05, 4.69) is 4.98 Å². The average Bonchev–Trinajstić information content (AvgIpc) is 2.37. The standard InChI is InChI=1S/C13H13NO4/c1-17-8-5-10-9(12(6-8)18-2)3-4-14-11(10)7-13(15)16/h3-6H,7H2,1-2H3,(H,15,16). The van der Waals surface area contributed by atoms with Crippen molar-refractivity contribution >= 4 is 16.7 Å². The van der Waals surface area contributed by atoms with Crippen LogP contribution in [0.3, 0.4) is 0 Å². The van der Waals surface area contributed by atoms with Crippen molar-refractivity contribution in [2.75, 3.05) is 14.2 Å². The molecule has 1 N–H and O–H groups in total. The number of carboxylic acids is 1. The van der Waals surface area contributed by atoms with E-state index in [9.17, 15) is 4.79 Å². The lowest BCUT2D eigenvalue weighted by Crippen LogP contribution is -2.03. The number of hydrogen-bond donors (Lipinski definition) is 1. The molecule has 0 saturated heterocycles. The van der Waals surface area contributed by atoms with Crippen LogP contribution in [0.5, 0.6) is 11.5 Å². The van der Waals surface area contributed by atoms with Crippen molar-refractivity contribution in [3.05, 3.63) is 30.1 Å². The fourth-order valence-electron chi connectivity index (χ4n) is 1.85. The third-order valence-corrected chi connectivity index (χ3v) is 2.67. The molecular formula is C13H13NO4. The molecule has 0 radical (unpaired) electrons. The van der Waals surface area contributed by atoms with E-state index in [1.165, 1.54) is 0 Å². The number of aromatic nitrogens is 1. The van der Waals surface area contributed by atoms with E-state index >= 15 is 0 Å². The minimum absolute atomic E-state index is 0.131. The van der Waals surface area contributed by atoms with E-state index in [0.717, 1.165) is 10.8 Å². The fraction of sp³-hybridized carbons (Fsp3) is 0.231. The SMILES string of the molecule is COc1cc(OC)c2ccnc(CC(=O)O)c2c1. The lowest BCUT2D eigenvalue weighted by Gasteiger charge is -2.10. The summed E-state index contributed by atoms with van der Waals surface area (Å²) in [7, 11) is 3.11. The number of nitrogens with zero attached hydrogens (tertiary/aromatic N) is 1. The number of pyridine rings is 1. The number of carboxylic acid groups (broad SMARTS) is 1. The van der Waals surface area contributed by atoms with Crippen LogP contribution in [0.1, 0.15) is 5.69 Å². The number of rotatable bonds is 4. The van der Waals surface area contributed by atoms with Crippen molar-refractivity contribution < 1.29 is 19.4 Å². The molecule has 5 nitrogen and oxygen atoms in total. The summed E-state index contributed by atoms with van der Waals surface area (Å²) in [5.41, 5.74) is 0.497. The molecule has 5 heteroatoms. The summed E-state index contributed by atoms with van der Waals surface area (Å²) in [6, 6.07) is 5.31. The smallest absolute Gasteiger partial charge is 0.309 e. The van der Waals surface area contributed by atoms with E-state index in [1.807, 2.05) is 0 Å². The number of aliphatic carboxylic acids is 1. The van der Waals surface area contributed by atoms with E-state index in [-0.39, 0.29) is 6.42 Å². The Hall–Kier alpha value is -2.30. The van der Waals surface area contributed by atoms with Crippen molar-refractivity contribution in [1.82, 2.24) is 4.98 Å². The van der Waals surface area contributed by atoms with E-state index in [1.54, 1.807) is 38.6 Å². The number of hydrogen-bond acceptors (Lipinski definition) is 4. The van der Waals surface area contributed by atoms with Gasteiger partial charge in [-0.2, -0.15) is 0 Å². The molecule has 0 spiro atoms. The number of methoxy groups -OCH3 is 2. The third kappa shape index (κ3) is 2.20. The maximum absolute atomic E-state index is 10.8. The highest BCUT2D eigenvalue weighted by atomic mass is 16.5. The topological polar surface area (TPSA) is 68.7 Å². The minimum atomic E-state index is -0.920. The molecule has 0 aliphatic rings. The maximum atomic E-state index is 10.8. The summed E-state index contributed by atoms with van der Waals surface area (Å²) < 4.78 is 10.4. The van der Waals surface area contributed by atoms with E-state index < -0.39 is 5.97 Å². The Morgan fingerprint density at radius 3 is 2.67 bits per heavy atom. The molecule has 0 saturated carbocycles. The number of fused-ring (bicyclic) bond motifs is 1. The summed E-state index contributed by atoms with van der Waals surface area (Å²) in [6.07, 6.45) is 1.45. The van der Waals surface area contributed by atoms with Crippen molar-refractivity contribution in [1.29, 1.82) is 0 Å². The molecule has 0 amide bonds. The molecule has 2 aromatic rings. The van der Waals surface area contributed by atoms with Crippen molar-refractivity contribution in [3.63, 3.8) is 0 Å². The molecule has 1 aromatic heterocycles. The molecule has 2 rings (SSSR count). The zero-order chi connectivity index (χ0) is 13.1. The van der Waals surface area contributed by atoms with Gasteiger partial charge < -0.3 is 14.6 Å². The van der Waals surface area contributed by atoms with Gasteiger partial charge in [-0.05, 0) is 12.1 Å². The first kappa shape index (κ1) is 12.2. The largest absolute Gasteiger partial charge is 0.497 e. The first-order valence-electron chi connectivity index (χ1n) is 5.37. The predicted octanol–water partition coefficient (Wildman–Crippen LogP) is 1.88. The second kappa shape index (κ2) is 4.91. The second-order valence-electron chi connectivity index (χ2n) is 3.75. The molecule has 1 heterocycles. The number of benzene rings is 1. The molecular weight excluding hydrogens is 234 g/mol. The van der Waals surface area contributed by atoms with Crippen LogP contribution in [0.2, 0.25) is 0 Å². The van der Waals surface area contributed by atoms with Gasteiger partial charge in [-0.15, -0.1) is 0 Å². The molecule has 0 unspecified atom stereocenters. The van der Waals surface area contributed by atoms with Gasteiger partial charge in [0.2, 0.25) is 0 Å². The quantitative estimate of drug-likeness (QED) is 0.893. The Balaban J connectivity index is 2.69. The Kier molecular flexibility index (Phi) is 3.32. The Morgan fingerprint density at radius 2 is 2.06 bits per heavy atom. The van der Waals surface area contributed by atoms with Crippen molar-refractivity contribution in [3.8, 4) is 11.5 Å². The van der Waals surface area contributed by atoms with E-state index in [0.29, 0.717) is 17.2 Å². The van der Waals surface area contributed by atoms with Crippen molar-refractivity contribution in [2.24, 2.45) is 0 Å². The van der Waals surface area contributed by atoms with Gasteiger partial charge in [0.25, 0.3) is 0 Å². The Morgan fingerprint density at radius 1 is 1.28 bits per heavy atom. The van der Waals surface area contributed by atoms with Gasteiger partial charge in [-0.1, -0.05) is 0 Å². The first-order valence-corrected chi connectivity index (χ1v) is 5.37. The summed E-state index contributed by atoms with van der Waals surface area (Å²) >= 11 is 0. The molecule has 1 aromatic carbocycles. The van der Waals surface area contributed by atoms with Crippen LogP contribution in [-0.4, -0.2) is 30.3 Å². The summed E-state index contributed by atoms with van der Waals surface area (Å²) in [5.74, 6) is 0.328. The van der Waals surface area contributed by atoms with Gasteiger partial charge in [0.05, 0.1) is 26.3 Å². The van der Waals surface area contributed by atoms with Gasteiger partial charge in [0, 0.05) is 23.0 Å². The van der Waals surface area contributed by atoms with Gasteiger partial charge in [0.15, 0.2) is 0 Å². The van der Waals surface area contributed by atoms with Gasteiger partial charge in [-0.25, -0.2) is 0 Å². The van der Waals surface area contributed by atoms with Crippen LogP contribution in [0.15, 0.2) is 24.4 Å². The monoisotopic (exact) mass is 247 g/mol. The van der Waals surface area contributed by atoms with Crippen LogP contribution in [0.4, 0.5) is 0 Å². The van der Waals surface area contributed by atoms with Gasteiger partial charge in [-0.3, -0.25) is 9.78 Å². The summed E-state index contributed by atoms with van der Waals surface area (Å²) in [5, 5.41) is 10.4. The number of ether oxygens (including phenoxy) is 2. The van der Waals surface area contributed by atoms with Crippen LogP contribution in [-0.2, 0) is 11.2 Å². The molecule has 0 bridgehead atoms. The molecule has 18 heavy (non-hydrogen) atoms. The van der Waals surface area contributed by atoms with E-state index in [4.69, 9.17) is 14.6 Å². The Labute approximate surface area is 104 Å². The molecule has 94 valence electrons. The second-order valence-corrected chi connectivity index (χ2v) is 3.75. The van der Waals surface area contributed by atoms with Crippen LogP contribution in [0, 0.1) is 0 Å². The summed E-state index contributed by atoms with van der Waals surface area (Å²) in [6.45, 7) is 0. The first-order chi connectivity index (χ1) is 8.65. The van der Waals surface area contributed by atoms with Crippen LogP contribution >= 0.6 is 0 Å². The normalized spacial score (nSPS) is 10.3. The maximum Gasteiger partial charge on any atom is 0.309 e. The third-order valence-electron chi connectivity index (χ3n) is 2.67. The minimum Gasteiger partial charge on any atom is -0.497 e. The molecule has 0 aliphatic heterocycles. The highest BCUT2D eigenvalue weighted by Gasteiger charge is 2.11. The van der Waals surface area contributed by atoms with Gasteiger partial charge >= 0.3 is 5.97 Å². The average molecular weight is 247 g/mol. The Bertz CT molecular complexity index is 595. The fourth-order valence-corrected chi connectivity index (χ4v) is 1.85. The number of carbonyl (C=O) groups is 1. The van der Waals surface area contributed by atoms with Crippen LogP contribution < -0.4 is 9.47 Å². The van der Waals surface area contributed by atoms with Gasteiger partial charge in [0.1, 0.15) is 11.5 Å². The zero-order valence-electron chi connectivity index (χ0n) is 10.1. The highest BCUT2D eigenvalue weighted by Crippen LogP contribution is 2.32. The molecule has 0 aliphatic carbocycles. The summed E-state index contributed by atoms with van der Waals surface area (Å²) in [4.78, 5) is 14.9. The zero-order valence-corrected chi connectivity index (χ0v) is 10.1. The predicted molar refractivity (Wildman–Crippen MR) is 66.2 cm³/mol. The lowest BCUT2D eigenvalue weighted by molar-refractivity contribution is -0.136. The molecule has 0 fully saturated rings. The van der Waals surface area contributed by atoms with Crippen molar-refractivity contribution in [2.45, 2.75) is 6.42 Å². The highest BCUT2D eigenvalue weighted by molar-refractivity contribution is 5.93. The van der Waals surface area contributed by atoms with Crippen LogP contribution in [0.25, 0.3) is 10.8 Å².